The molecule has 0 aliphatic carbocycles. The van der Waals surface area contributed by atoms with Crippen molar-refractivity contribution in [1.29, 1.82) is 0 Å². The van der Waals surface area contributed by atoms with E-state index in [1.165, 1.54) is 0 Å². The molecule has 4 heteroatoms. The molecule has 1 aromatic heterocycles. The van der Waals surface area contributed by atoms with Crippen LogP contribution in [0, 0.1) is 0 Å². The van der Waals surface area contributed by atoms with Crippen LogP contribution in [0.4, 0.5) is 0 Å². The Bertz CT molecular complexity index is 781. The minimum Gasteiger partial charge on any atom is -0.287 e. The molecule has 2 aromatic carbocycles. The molecule has 0 saturated heterocycles. The van der Waals surface area contributed by atoms with Gasteiger partial charge in [-0.15, -0.1) is 17.0 Å². The second-order valence-corrected chi connectivity index (χ2v) is 5.54. The zero-order valence-electron chi connectivity index (χ0n) is 11.2. The summed E-state index contributed by atoms with van der Waals surface area (Å²) in [6.45, 7) is 0.345. The van der Waals surface area contributed by atoms with E-state index in [9.17, 15) is 4.79 Å². The van der Waals surface area contributed by atoms with E-state index in [-0.39, 0.29) is 22.8 Å². The van der Waals surface area contributed by atoms with Crippen molar-refractivity contribution >= 4 is 49.6 Å². The molecule has 0 spiro atoms. The number of hydrogen-bond donors (Lipinski definition) is 0. The highest BCUT2D eigenvalue weighted by Gasteiger charge is 2.15. The number of pyridine rings is 1. The Morgan fingerprint density at radius 2 is 1.76 bits per heavy atom. The zero-order valence-corrected chi connectivity index (χ0v) is 14.5. The number of carbonyl (C=O) groups is 1. The summed E-state index contributed by atoms with van der Waals surface area (Å²) in [5, 5.41) is 1.14. The van der Waals surface area contributed by atoms with Crippen molar-refractivity contribution in [3.05, 3.63) is 76.9 Å². The Kier molecular flexibility index (Phi) is 5.26. The summed E-state index contributed by atoms with van der Waals surface area (Å²) in [5.74, 6) is 0.104. The number of benzene rings is 2. The second-order valence-electron chi connectivity index (χ2n) is 4.63. The fourth-order valence-electron chi connectivity index (χ4n) is 2.27. The van der Waals surface area contributed by atoms with Crippen LogP contribution in [-0.4, -0.2) is 5.78 Å². The Morgan fingerprint density at radius 1 is 1.00 bits per heavy atom. The molecular weight excluding hydrogens is 394 g/mol. The van der Waals surface area contributed by atoms with Crippen LogP contribution in [0.25, 0.3) is 10.9 Å². The largest absolute Gasteiger partial charge is 0.287 e. The van der Waals surface area contributed by atoms with E-state index in [0.29, 0.717) is 6.54 Å². The number of fused-ring (bicyclic) bond motifs is 1. The molecule has 0 unspecified atom stereocenters. The highest BCUT2D eigenvalue weighted by atomic mass is 79.9. The smallest absolute Gasteiger partial charge is 0.227 e. The lowest BCUT2D eigenvalue weighted by Gasteiger charge is -2.02. The van der Waals surface area contributed by atoms with E-state index in [2.05, 4.69) is 28.1 Å². The minimum atomic E-state index is 0. The molecule has 0 aliphatic heterocycles. The van der Waals surface area contributed by atoms with Crippen LogP contribution >= 0.6 is 32.9 Å². The first-order chi connectivity index (χ1) is 9.74. The Hall–Kier alpha value is -1.52. The fraction of sp³-hybridized carbons (Fsp3) is 0.0588. The Balaban J connectivity index is 0.00000161. The van der Waals surface area contributed by atoms with Crippen molar-refractivity contribution in [1.82, 2.24) is 0 Å². The van der Waals surface area contributed by atoms with Crippen LogP contribution in [0.15, 0.2) is 71.3 Å². The molecule has 2 nitrogen and oxygen atoms in total. The Morgan fingerprint density at radius 3 is 2.57 bits per heavy atom. The van der Waals surface area contributed by atoms with Gasteiger partial charge in [-0.25, -0.2) is 0 Å². The highest BCUT2D eigenvalue weighted by molar-refractivity contribution is 9.10. The molecule has 106 valence electrons. The molecule has 0 fully saturated rings. The molecule has 21 heavy (non-hydrogen) atoms. The molecule has 0 radical (unpaired) electrons. The summed E-state index contributed by atoms with van der Waals surface area (Å²) < 4.78 is 2.91. The van der Waals surface area contributed by atoms with Crippen molar-refractivity contribution in [3.8, 4) is 0 Å². The molecule has 0 atom stereocenters. The Labute approximate surface area is 142 Å². The molecular formula is C17H14Br2NO+. The van der Waals surface area contributed by atoms with Crippen LogP contribution in [0.3, 0.4) is 0 Å². The van der Waals surface area contributed by atoms with Gasteiger partial charge >= 0.3 is 0 Å². The first kappa shape index (κ1) is 15.9. The number of aromatic nitrogens is 1. The molecule has 0 saturated carbocycles. The van der Waals surface area contributed by atoms with Gasteiger partial charge in [0.05, 0.1) is 0 Å². The van der Waals surface area contributed by atoms with Gasteiger partial charge in [0, 0.05) is 27.6 Å². The van der Waals surface area contributed by atoms with E-state index in [1.807, 2.05) is 59.3 Å². The third kappa shape index (κ3) is 3.57. The normalized spacial score (nSPS) is 10.1. The first-order valence-electron chi connectivity index (χ1n) is 6.40. The SMILES string of the molecule is Br.O=C(C[n+]1cccc2ccccc21)c1cccc(Br)c1. The average molecular weight is 408 g/mol. The van der Waals surface area contributed by atoms with E-state index in [0.717, 1.165) is 20.9 Å². The molecule has 0 amide bonds. The second kappa shape index (κ2) is 6.96. The maximum Gasteiger partial charge on any atom is 0.227 e. The lowest BCUT2D eigenvalue weighted by molar-refractivity contribution is -0.657. The van der Waals surface area contributed by atoms with Gasteiger partial charge in [0.2, 0.25) is 17.8 Å². The van der Waals surface area contributed by atoms with E-state index in [1.54, 1.807) is 0 Å². The van der Waals surface area contributed by atoms with E-state index >= 15 is 0 Å². The van der Waals surface area contributed by atoms with Crippen molar-refractivity contribution in [2.24, 2.45) is 0 Å². The maximum atomic E-state index is 12.4. The molecule has 0 aliphatic rings. The number of Topliss-reactive ketones (excluding diaryl/α,β-unsaturated/α-hetero) is 1. The third-order valence-corrected chi connectivity index (χ3v) is 3.74. The van der Waals surface area contributed by atoms with Crippen LogP contribution < -0.4 is 4.57 Å². The van der Waals surface area contributed by atoms with Crippen molar-refractivity contribution < 1.29 is 9.36 Å². The zero-order chi connectivity index (χ0) is 13.9. The number of carbonyl (C=O) groups excluding carboxylic acids is 1. The van der Waals surface area contributed by atoms with Crippen molar-refractivity contribution in [2.45, 2.75) is 6.54 Å². The number of nitrogens with zero attached hydrogens (tertiary/aromatic N) is 1. The van der Waals surface area contributed by atoms with Gasteiger partial charge in [-0.1, -0.05) is 40.2 Å². The van der Waals surface area contributed by atoms with Gasteiger partial charge in [0.15, 0.2) is 6.20 Å². The predicted octanol–water partition coefficient (Wildman–Crippen LogP) is 4.35. The van der Waals surface area contributed by atoms with E-state index in [4.69, 9.17) is 0 Å². The summed E-state index contributed by atoms with van der Waals surface area (Å²) in [6.07, 6.45) is 1.94. The van der Waals surface area contributed by atoms with Crippen LogP contribution in [0.1, 0.15) is 10.4 Å². The summed E-state index contributed by atoms with van der Waals surface area (Å²) in [7, 11) is 0. The van der Waals surface area contributed by atoms with Gasteiger partial charge in [-0.05, 0) is 24.3 Å². The average Bonchev–Trinajstić information content (AvgIpc) is 2.47. The summed E-state index contributed by atoms with van der Waals surface area (Å²) >= 11 is 3.40. The molecule has 0 N–H and O–H groups in total. The number of ketones is 1. The number of halogens is 2. The molecule has 3 aromatic rings. The third-order valence-electron chi connectivity index (χ3n) is 3.25. The lowest BCUT2D eigenvalue weighted by Crippen LogP contribution is -2.38. The predicted molar refractivity (Wildman–Crippen MR) is 92.9 cm³/mol. The fourth-order valence-corrected chi connectivity index (χ4v) is 2.67. The summed E-state index contributed by atoms with van der Waals surface area (Å²) in [4.78, 5) is 12.4. The monoisotopic (exact) mass is 406 g/mol. The number of hydrogen-bond acceptors (Lipinski definition) is 1. The van der Waals surface area contributed by atoms with Gasteiger partial charge in [-0.2, -0.15) is 4.57 Å². The lowest BCUT2D eigenvalue weighted by atomic mass is 10.1. The molecule has 0 bridgehead atoms. The summed E-state index contributed by atoms with van der Waals surface area (Å²) in [6, 6.07) is 19.6. The van der Waals surface area contributed by atoms with Gasteiger partial charge in [0.25, 0.3) is 0 Å². The van der Waals surface area contributed by atoms with E-state index < -0.39 is 0 Å². The van der Waals surface area contributed by atoms with Crippen molar-refractivity contribution in [3.63, 3.8) is 0 Å². The minimum absolute atomic E-state index is 0. The number of para-hydroxylation sites is 1. The topological polar surface area (TPSA) is 20.9 Å². The number of rotatable bonds is 3. The van der Waals surface area contributed by atoms with Crippen LogP contribution in [0.2, 0.25) is 0 Å². The quantitative estimate of drug-likeness (QED) is 0.467. The van der Waals surface area contributed by atoms with Gasteiger partial charge < -0.3 is 0 Å². The van der Waals surface area contributed by atoms with Crippen molar-refractivity contribution in [2.75, 3.05) is 0 Å². The maximum absolute atomic E-state index is 12.4. The van der Waals surface area contributed by atoms with Crippen LogP contribution in [-0.2, 0) is 6.54 Å². The highest BCUT2D eigenvalue weighted by Crippen LogP contribution is 2.13. The van der Waals surface area contributed by atoms with Crippen LogP contribution in [0.5, 0.6) is 0 Å². The molecule has 1 heterocycles. The molecule has 3 rings (SSSR count). The van der Waals surface area contributed by atoms with Gasteiger partial charge in [0.1, 0.15) is 0 Å². The standard InChI is InChI=1S/C17H13BrNO.BrH/c18-15-8-3-6-14(11-15)17(20)12-19-10-4-7-13-5-1-2-9-16(13)19;/h1-11H,12H2;1H/q+1;. The summed E-state index contributed by atoms with van der Waals surface area (Å²) in [5.41, 5.74) is 1.79. The van der Waals surface area contributed by atoms with Gasteiger partial charge in [-0.3, -0.25) is 4.79 Å². The first-order valence-corrected chi connectivity index (χ1v) is 7.19.